The molecule has 0 radical (unpaired) electrons. The SMILES string of the molecule is NC(=O)C1=CN([C@@H]2O[C@H](CO)C(O)C2O)C=CC1. The van der Waals surface area contributed by atoms with Gasteiger partial charge < -0.3 is 30.7 Å². The molecule has 2 aliphatic rings. The Morgan fingerprint density at radius 2 is 2.22 bits per heavy atom. The van der Waals surface area contributed by atoms with Crippen LogP contribution in [0.3, 0.4) is 0 Å². The van der Waals surface area contributed by atoms with Crippen molar-refractivity contribution in [1.82, 2.24) is 4.90 Å². The highest BCUT2D eigenvalue weighted by atomic mass is 16.6. The molecule has 0 aromatic heterocycles. The van der Waals surface area contributed by atoms with Crippen LogP contribution in [0.25, 0.3) is 0 Å². The van der Waals surface area contributed by atoms with Crippen LogP contribution in [0.1, 0.15) is 6.42 Å². The maximum Gasteiger partial charge on any atom is 0.246 e. The average molecular weight is 256 g/mol. The van der Waals surface area contributed by atoms with Gasteiger partial charge in [0.15, 0.2) is 6.23 Å². The van der Waals surface area contributed by atoms with E-state index in [-0.39, 0.29) is 0 Å². The molecule has 4 atom stereocenters. The molecular formula is C11H16N2O5. The molecule has 5 N–H and O–H groups in total. The number of rotatable bonds is 3. The quantitative estimate of drug-likeness (QED) is 0.465. The second-order valence-electron chi connectivity index (χ2n) is 4.28. The van der Waals surface area contributed by atoms with Gasteiger partial charge in [0.1, 0.15) is 18.3 Å². The van der Waals surface area contributed by atoms with Crippen LogP contribution >= 0.6 is 0 Å². The van der Waals surface area contributed by atoms with Crippen molar-refractivity contribution in [2.45, 2.75) is 31.0 Å². The van der Waals surface area contributed by atoms with E-state index in [0.717, 1.165) is 0 Å². The third-order valence-corrected chi connectivity index (χ3v) is 3.05. The number of nitrogens with zero attached hydrogens (tertiary/aromatic N) is 1. The van der Waals surface area contributed by atoms with Gasteiger partial charge in [-0.3, -0.25) is 4.79 Å². The lowest BCUT2D eigenvalue weighted by atomic mass is 10.1. The first-order valence-electron chi connectivity index (χ1n) is 5.61. The summed E-state index contributed by atoms with van der Waals surface area (Å²) in [6.07, 6.45) is 1.20. The van der Waals surface area contributed by atoms with E-state index in [0.29, 0.717) is 12.0 Å². The van der Waals surface area contributed by atoms with Gasteiger partial charge in [0, 0.05) is 18.0 Å². The molecule has 1 saturated heterocycles. The number of nitrogens with two attached hydrogens (primary N) is 1. The molecule has 0 aliphatic carbocycles. The van der Waals surface area contributed by atoms with E-state index in [9.17, 15) is 15.0 Å². The summed E-state index contributed by atoms with van der Waals surface area (Å²) in [6, 6.07) is 0. The first-order chi connectivity index (χ1) is 8.54. The number of aliphatic hydroxyl groups is 3. The Labute approximate surface area is 104 Å². The van der Waals surface area contributed by atoms with E-state index in [1.165, 1.54) is 11.1 Å². The van der Waals surface area contributed by atoms with Crippen LogP contribution in [0.4, 0.5) is 0 Å². The topological polar surface area (TPSA) is 116 Å². The average Bonchev–Trinajstić information content (AvgIpc) is 2.66. The Hall–Kier alpha value is -1.41. The number of primary amides is 1. The Morgan fingerprint density at radius 3 is 2.78 bits per heavy atom. The van der Waals surface area contributed by atoms with Gasteiger partial charge in [-0.05, 0) is 6.42 Å². The molecule has 2 unspecified atom stereocenters. The molecule has 7 nitrogen and oxygen atoms in total. The molecule has 2 rings (SSSR count). The lowest BCUT2D eigenvalue weighted by molar-refractivity contribution is -0.114. The Balaban J connectivity index is 2.15. The first kappa shape index (κ1) is 13.0. The van der Waals surface area contributed by atoms with E-state index >= 15 is 0 Å². The summed E-state index contributed by atoms with van der Waals surface area (Å²) in [5.41, 5.74) is 5.57. The van der Waals surface area contributed by atoms with E-state index in [4.69, 9.17) is 15.6 Å². The Bertz CT molecular complexity index is 395. The zero-order valence-corrected chi connectivity index (χ0v) is 9.64. The van der Waals surface area contributed by atoms with Gasteiger partial charge in [0.25, 0.3) is 0 Å². The van der Waals surface area contributed by atoms with Crippen LogP contribution in [0.15, 0.2) is 24.0 Å². The van der Waals surface area contributed by atoms with E-state index in [2.05, 4.69) is 0 Å². The largest absolute Gasteiger partial charge is 0.394 e. The zero-order chi connectivity index (χ0) is 13.3. The molecule has 18 heavy (non-hydrogen) atoms. The van der Waals surface area contributed by atoms with Crippen LogP contribution in [0, 0.1) is 0 Å². The normalized spacial score (nSPS) is 35.7. The van der Waals surface area contributed by atoms with Gasteiger partial charge >= 0.3 is 0 Å². The number of amides is 1. The van der Waals surface area contributed by atoms with Crippen LogP contribution in [0.2, 0.25) is 0 Å². The van der Waals surface area contributed by atoms with Crippen molar-refractivity contribution in [1.29, 1.82) is 0 Å². The van der Waals surface area contributed by atoms with Crippen molar-refractivity contribution >= 4 is 5.91 Å². The molecule has 1 amide bonds. The molecule has 100 valence electrons. The van der Waals surface area contributed by atoms with Gasteiger partial charge in [-0.15, -0.1) is 0 Å². The molecule has 2 heterocycles. The number of carbonyl (C=O) groups is 1. The molecule has 0 saturated carbocycles. The number of allylic oxidation sites excluding steroid dienone is 1. The predicted molar refractivity (Wildman–Crippen MR) is 60.6 cm³/mol. The molecule has 0 aromatic rings. The maximum absolute atomic E-state index is 11.1. The molecule has 0 spiro atoms. The van der Waals surface area contributed by atoms with Crippen LogP contribution < -0.4 is 5.73 Å². The molecule has 0 aromatic carbocycles. The Kier molecular flexibility index (Phi) is 3.67. The molecule has 2 aliphatic heterocycles. The first-order valence-corrected chi connectivity index (χ1v) is 5.61. The molecule has 1 fully saturated rings. The van der Waals surface area contributed by atoms with Crippen LogP contribution in [-0.2, 0) is 9.53 Å². The summed E-state index contributed by atoms with van der Waals surface area (Å²) >= 11 is 0. The fourth-order valence-corrected chi connectivity index (χ4v) is 2.03. The van der Waals surface area contributed by atoms with E-state index < -0.39 is 37.1 Å². The van der Waals surface area contributed by atoms with Crippen molar-refractivity contribution in [3.8, 4) is 0 Å². The summed E-state index contributed by atoms with van der Waals surface area (Å²) in [6.45, 7) is -0.390. The summed E-state index contributed by atoms with van der Waals surface area (Å²) in [4.78, 5) is 12.5. The number of carbonyl (C=O) groups excluding carboxylic acids is 1. The molecule has 7 heteroatoms. The third-order valence-electron chi connectivity index (χ3n) is 3.05. The second kappa shape index (κ2) is 5.07. The Morgan fingerprint density at radius 1 is 1.50 bits per heavy atom. The minimum atomic E-state index is -1.17. The summed E-state index contributed by atoms with van der Waals surface area (Å²) in [5, 5.41) is 28.5. The maximum atomic E-state index is 11.1. The van der Waals surface area contributed by atoms with Crippen molar-refractivity contribution in [2.75, 3.05) is 6.61 Å². The molecular weight excluding hydrogens is 240 g/mol. The number of ether oxygens (including phenoxy) is 1. The zero-order valence-electron chi connectivity index (χ0n) is 9.64. The number of hydrogen-bond acceptors (Lipinski definition) is 6. The van der Waals surface area contributed by atoms with Crippen molar-refractivity contribution in [3.05, 3.63) is 24.0 Å². The standard InChI is InChI=1S/C11H16N2O5/c12-10(17)6-2-1-3-13(4-6)11-9(16)8(15)7(5-14)18-11/h1,3-4,7-9,11,14-16H,2,5H2,(H2,12,17)/t7-,8?,9?,11-/m1/s1. The fraction of sp³-hybridized carbons (Fsp3) is 0.545. The van der Waals surface area contributed by atoms with Gasteiger partial charge in [-0.1, -0.05) is 6.08 Å². The minimum Gasteiger partial charge on any atom is -0.394 e. The van der Waals surface area contributed by atoms with Gasteiger partial charge in [0.2, 0.25) is 5.91 Å². The lowest BCUT2D eigenvalue weighted by Crippen LogP contribution is -2.40. The van der Waals surface area contributed by atoms with Crippen molar-refractivity contribution < 1.29 is 24.9 Å². The minimum absolute atomic E-state index is 0.384. The smallest absolute Gasteiger partial charge is 0.246 e. The van der Waals surface area contributed by atoms with Crippen LogP contribution in [0.5, 0.6) is 0 Å². The van der Waals surface area contributed by atoms with Crippen molar-refractivity contribution in [2.24, 2.45) is 5.73 Å². The summed E-state index contributed by atoms with van der Waals surface area (Å²) in [7, 11) is 0. The van der Waals surface area contributed by atoms with Gasteiger partial charge in [-0.25, -0.2) is 0 Å². The highest BCUT2D eigenvalue weighted by Gasteiger charge is 2.44. The van der Waals surface area contributed by atoms with E-state index in [1.54, 1.807) is 12.3 Å². The summed E-state index contributed by atoms with van der Waals surface area (Å²) in [5.74, 6) is -0.545. The third kappa shape index (κ3) is 2.25. The second-order valence-corrected chi connectivity index (χ2v) is 4.28. The van der Waals surface area contributed by atoms with Crippen LogP contribution in [-0.4, -0.2) is 57.3 Å². The highest BCUT2D eigenvalue weighted by Crippen LogP contribution is 2.26. The van der Waals surface area contributed by atoms with Gasteiger partial charge in [0.05, 0.1) is 6.61 Å². The monoisotopic (exact) mass is 256 g/mol. The highest BCUT2D eigenvalue weighted by molar-refractivity contribution is 5.92. The number of hydrogen-bond donors (Lipinski definition) is 4. The van der Waals surface area contributed by atoms with Crippen molar-refractivity contribution in [3.63, 3.8) is 0 Å². The molecule has 0 bridgehead atoms. The van der Waals surface area contributed by atoms with E-state index in [1.807, 2.05) is 0 Å². The summed E-state index contributed by atoms with van der Waals surface area (Å²) < 4.78 is 5.33. The van der Waals surface area contributed by atoms with Gasteiger partial charge in [-0.2, -0.15) is 0 Å². The number of aliphatic hydroxyl groups excluding tert-OH is 3. The predicted octanol–water partition coefficient (Wildman–Crippen LogP) is -1.99. The fourth-order valence-electron chi connectivity index (χ4n) is 2.03. The lowest BCUT2D eigenvalue weighted by Gasteiger charge is -2.28.